The van der Waals surface area contributed by atoms with Crippen LogP contribution in [0, 0.1) is 0 Å². The number of H-pyrrole nitrogens is 1. The van der Waals surface area contributed by atoms with Gasteiger partial charge in [-0.2, -0.15) is 0 Å². The fourth-order valence-electron chi connectivity index (χ4n) is 2.11. The molecule has 2 aromatic rings. The molecule has 1 heterocycles. The molecule has 0 saturated heterocycles. The zero-order valence-corrected chi connectivity index (χ0v) is 14.0. The SMILES string of the molecule is CC[C@H](C)NC(=O)c1ccccc1NC(=O)Cn1ccc(=O)[nH]c1=O. The lowest BCUT2D eigenvalue weighted by molar-refractivity contribution is -0.116. The van der Waals surface area contributed by atoms with Gasteiger partial charge >= 0.3 is 5.69 Å². The van der Waals surface area contributed by atoms with E-state index in [1.54, 1.807) is 24.3 Å². The molecule has 0 aliphatic rings. The molecule has 0 bridgehead atoms. The van der Waals surface area contributed by atoms with E-state index in [0.29, 0.717) is 11.3 Å². The van der Waals surface area contributed by atoms with Crippen molar-refractivity contribution in [3.63, 3.8) is 0 Å². The number of rotatable bonds is 6. The van der Waals surface area contributed by atoms with E-state index in [-0.39, 0.29) is 18.5 Å². The number of benzene rings is 1. The first kappa shape index (κ1) is 18.2. The van der Waals surface area contributed by atoms with Gasteiger partial charge < -0.3 is 10.6 Å². The molecule has 1 atom stereocenters. The van der Waals surface area contributed by atoms with Crippen LogP contribution in [0.2, 0.25) is 0 Å². The van der Waals surface area contributed by atoms with Gasteiger partial charge in [0, 0.05) is 18.3 Å². The Morgan fingerprint density at radius 3 is 2.60 bits per heavy atom. The van der Waals surface area contributed by atoms with E-state index in [9.17, 15) is 19.2 Å². The second-order valence-electron chi connectivity index (χ2n) is 5.61. The number of aromatic nitrogens is 2. The smallest absolute Gasteiger partial charge is 0.328 e. The van der Waals surface area contributed by atoms with Crippen LogP contribution >= 0.6 is 0 Å². The van der Waals surface area contributed by atoms with E-state index >= 15 is 0 Å². The minimum atomic E-state index is -0.676. The summed E-state index contributed by atoms with van der Waals surface area (Å²) in [6, 6.07) is 7.78. The van der Waals surface area contributed by atoms with E-state index in [0.717, 1.165) is 17.1 Å². The van der Waals surface area contributed by atoms with Gasteiger partial charge in [0.1, 0.15) is 6.54 Å². The molecule has 1 aromatic carbocycles. The molecule has 0 fully saturated rings. The zero-order chi connectivity index (χ0) is 18.4. The maximum Gasteiger partial charge on any atom is 0.328 e. The topological polar surface area (TPSA) is 113 Å². The number of carbonyl (C=O) groups excluding carboxylic acids is 2. The monoisotopic (exact) mass is 344 g/mol. The summed E-state index contributed by atoms with van der Waals surface area (Å²) in [4.78, 5) is 49.2. The third-order valence-electron chi connectivity index (χ3n) is 3.65. The number of para-hydroxylation sites is 1. The van der Waals surface area contributed by atoms with Gasteiger partial charge in [0.2, 0.25) is 5.91 Å². The van der Waals surface area contributed by atoms with Crippen molar-refractivity contribution in [3.05, 3.63) is 62.9 Å². The highest BCUT2D eigenvalue weighted by Gasteiger charge is 2.15. The second kappa shape index (κ2) is 8.09. The third-order valence-corrected chi connectivity index (χ3v) is 3.65. The summed E-state index contributed by atoms with van der Waals surface area (Å²) in [6.07, 6.45) is 2.03. The Morgan fingerprint density at radius 1 is 1.20 bits per heavy atom. The summed E-state index contributed by atoms with van der Waals surface area (Å²) in [6.45, 7) is 3.57. The summed E-state index contributed by atoms with van der Waals surface area (Å²) in [5, 5.41) is 5.46. The summed E-state index contributed by atoms with van der Waals surface area (Å²) in [5.41, 5.74) is -0.519. The molecule has 0 spiro atoms. The molecule has 0 radical (unpaired) electrons. The normalized spacial score (nSPS) is 11.6. The van der Waals surface area contributed by atoms with Gasteiger partial charge in [-0.3, -0.25) is 23.9 Å². The van der Waals surface area contributed by atoms with E-state index in [4.69, 9.17) is 0 Å². The van der Waals surface area contributed by atoms with Crippen molar-refractivity contribution < 1.29 is 9.59 Å². The van der Waals surface area contributed by atoms with Crippen LogP contribution < -0.4 is 21.9 Å². The molecule has 132 valence electrons. The van der Waals surface area contributed by atoms with E-state index in [1.165, 1.54) is 6.20 Å². The second-order valence-corrected chi connectivity index (χ2v) is 5.61. The minimum absolute atomic E-state index is 0.0102. The molecule has 3 N–H and O–H groups in total. The number of anilines is 1. The lowest BCUT2D eigenvalue weighted by Crippen LogP contribution is -2.34. The van der Waals surface area contributed by atoms with Gasteiger partial charge in [0.15, 0.2) is 0 Å². The Hall–Kier alpha value is -3.16. The Morgan fingerprint density at radius 2 is 1.92 bits per heavy atom. The summed E-state index contributed by atoms with van der Waals surface area (Å²) >= 11 is 0. The predicted octanol–water partition coefficient (Wildman–Crippen LogP) is 0.704. The van der Waals surface area contributed by atoms with E-state index in [1.807, 2.05) is 13.8 Å². The van der Waals surface area contributed by atoms with Crippen LogP contribution in [-0.2, 0) is 11.3 Å². The Labute approximate surface area is 143 Å². The fraction of sp³-hybridized carbons (Fsp3) is 0.294. The molecule has 2 rings (SSSR count). The highest BCUT2D eigenvalue weighted by molar-refractivity contribution is 6.03. The maximum atomic E-state index is 12.3. The standard InChI is InChI=1S/C17H20N4O4/c1-3-11(2)18-16(24)12-6-4-5-7-13(12)19-15(23)10-21-9-8-14(22)20-17(21)25/h4-9,11H,3,10H2,1-2H3,(H,18,24)(H,19,23)(H,20,22,25)/t11-/m0/s1. The number of aromatic amines is 1. The largest absolute Gasteiger partial charge is 0.350 e. The van der Waals surface area contributed by atoms with Crippen LogP contribution in [0.4, 0.5) is 5.69 Å². The molecule has 8 nitrogen and oxygen atoms in total. The highest BCUT2D eigenvalue weighted by Crippen LogP contribution is 2.15. The molecule has 0 aliphatic carbocycles. The molecule has 0 unspecified atom stereocenters. The molecule has 0 saturated carbocycles. The van der Waals surface area contributed by atoms with Crippen molar-refractivity contribution in [2.45, 2.75) is 32.9 Å². The van der Waals surface area contributed by atoms with Gasteiger partial charge in [-0.15, -0.1) is 0 Å². The van der Waals surface area contributed by atoms with Gasteiger partial charge in [-0.1, -0.05) is 19.1 Å². The van der Waals surface area contributed by atoms with Crippen molar-refractivity contribution in [2.24, 2.45) is 0 Å². The Kier molecular flexibility index (Phi) is 5.89. The molecule has 0 aliphatic heterocycles. The third kappa shape index (κ3) is 4.90. The zero-order valence-electron chi connectivity index (χ0n) is 14.0. The summed E-state index contributed by atoms with van der Waals surface area (Å²) < 4.78 is 1.07. The number of nitrogens with one attached hydrogen (secondary N) is 3. The molecule has 25 heavy (non-hydrogen) atoms. The van der Waals surface area contributed by atoms with Crippen LogP contribution in [0.3, 0.4) is 0 Å². The van der Waals surface area contributed by atoms with E-state index in [2.05, 4.69) is 15.6 Å². The van der Waals surface area contributed by atoms with Gasteiger partial charge in [0.05, 0.1) is 11.3 Å². The lowest BCUT2D eigenvalue weighted by Gasteiger charge is -2.14. The maximum absolute atomic E-state index is 12.3. The number of amides is 2. The number of hydrogen-bond donors (Lipinski definition) is 3. The average Bonchev–Trinajstić information content (AvgIpc) is 2.57. The van der Waals surface area contributed by atoms with Gasteiger partial charge in [0.25, 0.3) is 11.5 Å². The predicted molar refractivity (Wildman–Crippen MR) is 93.6 cm³/mol. The first-order chi connectivity index (χ1) is 11.9. The summed E-state index contributed by atoms with van der Waals surface area (Å²) in [5.74, 6) is -0.774. The molecule has 8 heteroatoms. The molecule has 2 amide bonds. The van der Waals surface area contributed by atoms with E-state index < -0.39 is 17.2 Å². The van der Waals surface area contributed by atoms with Crippen LogP contribution in [0.15, 0.2) is 46.1 Å². The van der Waals surface area contributed by atoms with Crippen molar-refractivity contribution in [1.82, 2.24) is 14.9 Å². The van der Waals surface area contributed by atoms with Crippen molar-refractivity contribution in [2.75, 3.05) is 5.32 Å². The Balaban J connectivity index is 2.14. The first-order valence-corrected chi connectivity index (χ1v) is 7.90. The first-order valence-electron chi connectivity index (χ1n) is 7.90. The molecular formula is C17H20N4O4. The number of nitrogens with zero attached hydrogens (tertiary/aromatic N) is 1. The van der Waals surface area contributed by atoms with Gasteiger partial charge in [-0.25, -0.2) is 4.79 Å². The Bertz CT molecular complexity index is 884. The number of hydrogen-bond acceptors (Lipinski definition) is 4. The van der Waals surface area contributed by atoms with Gasteiger partial charge in [-0.05, 0) is 25.5 Å². The van der Waals surface area contributed by atoms with Crippen LogP contribution in [0.5, 0.6) is 0 Å². The molecular weight excluding hydrogens is 324 g/mol. The fourth-order valence-corrected chi connectivity index (χ4v) is 2.11. The highest BCUT2D eigenvalue weighted by atomic mass is 16.2. The molecule has 1 aromatic heterocycles. The van der Waals surface area contributed by atoms with Crippen LogP contribution in [0.25, 0.3) is 0 Å². The number of carbonyl (C=O) groups is 2. The quantitative estimate of drug-likeness (QED) is 0.716. The average molecular weight is 344 g/mol. The minimum Gasteiger partial charge on any atom is -0.350 e. The van der Waals surface area contributed by atoms with Crippen molar-refractivity contribution in [1.29, 1.82) is 0 Å². The van der Waals surface area contributed by atoms with Crippen molar-refractivity contribution in [3.8, 4) is 0 Å². The van der Waals surface area contributed by atoms with Crippen molar-refractivity contribution >= 4 is 17.5 Å². The van der Waals surface area contributed by atoms with Crippen LogP contribution in [0.1, 0.15) is 30.6 Å². The summed E-state index contributed by atoms with van der Waals surface area (Å²) in [7, 11) is 0. The van der Waals surface area contributed by atoms with Crippen LogP contribution in [-0.4, -0.2) is 27.4 Å². The lowest BCUT2D eigenvalue weighted by atomic mass is 10.1.